The summed E-state index contributed by atoms with van der Waals surface area (Å²) in [6.45, 7) is -0.418. The summed E-state index contributed by atoms with van der Waals surface area (Å²) in [5.74, 6) is 5.31. The Morgan fingerprint density at radius 3 is 2.07 bits per heavy atom. The van der Waals surface area contributed by atoms with Crippen LogP contribution in [0, 0.1) is 11.8 Å². The van der Waals surface area contributed by atoms with Crippen molar-refractivity contribution in [1.29, 1.82) is 0 Å². The van der Waals surface area contributed by atoms with Crippen LogP contribution in [0.1, 0.15) is 5.56 Å². The quantitative estimate of drug-likeness (QED) is 0.346. The molecule has 2 aromatic heterocycles. The number of hydrogen-bond acceptors (Lipinski definition) is 10. The molecule has 0 aliphatic heterocycles. The van der Waals surface area contributed by atoms with Crippen molar-refractivity contribution in [3.8, 4) is 34.7 Å². The number of carboxylic acid groups (broad SMARTS) is 1. The van der Waals surface area contributed by atoms with Gasteiger partial charge in [0.2, 0.25) is 11.8 Å². The van der Waals surface area contributed by atoms with Gasteiger partial charge in [0.05, 0.1) is 0 Å². The molecule has 3 rings (SSSR count). The van der Waals surface area contributed by atoms with Gasteiger partial charge in [-0.2, -0.15) is 0 Å². The van der Waals surface area contributed by atoms with Crippen LogP contribution in [0.25, 0.3) is 22.9 Å². The van der Waals surface area contributed by atoms with E-state index in [1.807, 2.05) is 12.5 Å². The summed E-state index contributed by atoms with van der Waals surface area (Å²) in [5, 5.41) is 25.4. The van der Waals surface area contributed by atoms with Crippen LogP contribution in [0.15, 0.2) is 37.5 Å². The number of rotatable bonds is 7. The van der Waals surface area contributed by atoms with Crippen LogP contribution in [-0.4, -0.2) is 57.2 Å². The molecule has 144 valence electrons. The first-order chi connectivity index (χ1) is 13.6. The number of ether oxygens (including phenoxy) is 1. The van der Waals surface area contributed by atoms with E-state index in [0.29, 0.717) is 38.9 Å². The summed E-state index contributed by atoms with van der Waals surface area (Å²) < 4.78 is 16.1. The molecule has 28 heavy (non-hydrogen) atoms. The van der Waals surface area contributed by atoms with Crippen molar-refractivity contribution in [2.75, 3.05) is 25.7 Å². The van der Waals surface area contributed by atoms with Gasteiger partial charge in [0.25, 0.3) is 10.4 Å². The molecule has 1 N–H and O–H groups in total. The van der Waals surface area contributed by atoms with Gasteiger partial charge in [-0.15, -0.1) is 20.4 Å². The number of carbonyl (C=O) groups is 1. The molecule has 2 heterocycles. The van der Waals surface area contributed by atoms with E-state index in [1.54, 1.807) is 18.2 Å². The summed E-state index contributed by atoms with van der Waals surface area (Å²) in [7, 11) is 0. The Bertz CT molecular complexity index is 977. The van der Waals surface area contributed by atoms with Crippen molar-refractivity contribution in [1.82, 2.24) is 20.4 Å². The second-order valence-electron chi connectivity index (χ2n) is 5.14. The van der Waals surface area contributed by atoms with Gasteiger partial charge in [-0.05, 0) is 30.7 Å². The van der Waals surface area contributed by atoms with Crippen LogP contribution in [-0.2, 0) is 9.53 Å². The number of aromatic nitrogens is 4. The van der Waals surface area contributed by atoms with Crippen molar-refractivity contribution < 1.29 is 23.5 Å². The predicted octanol–water partition coefficient (Wildman–Crippen LogP) is 2.68. The van der Waals surface area contributed by atoms with E-state index in [-0.39, 0.29) is 6.61 Å². The van der Waals surface area contributed by atoms with Crippen LogP contribution in [0.4, 0.5) is 0 Å². The zero-order chi connectivity index (χ0) is 19.9. The zero-order valence-electron chi connectivity index (χ0n) is 14.8. The summed E-state index contributed by atoms with van der Waals surface area (Å²) in [5.41, 5.74) is 1.91. The molecule has 3 aromatic rings. The maximum absolute atomic E-state index is 10.5. The highest BCUT2D eigenvalue weighted by atomic mass is 32.2. The Kier molecular flexibility index (Phi) is 6.70. The van der Waals surface area contributed by atoms with E-state index in [1.165, 1.54) is 23.5 Å². The molecule has 0 bridgehead atoms. The molecule has 0 aliphatic carbocycles. The molecule has 1 aromatic carbocycles. The first kappa shape index (κ1) is 19.9. The Labute approximate surface area is 168 Å². The Morgan fingerprint density at radius 2 is 1.61 bits per heavy atom. The minimum Gasteiger partial charge on any atom is -0.480 e. The van der Waals surface area contributed by atoms with Crippen molar-refractivity contribution in [3.05, 3.63) is 23.8 Å². The third kappa shape index (κ3) is 5.13. The van der Waals surface area contributed by atoms with E-state index >= 15 is 0 Å². The number of aliphatic carboxylic acids is 1. The molecule has 0 unspecified atom stereocenters. The highest BCUT2D eigenvalue weighted by Gasteiger charge is 2.14. The largest absolute Gasteiger partial charge is 0.480 e. The van der Waals surface area contributed by atoms with Crippen LogP contribution >= 0.6 is 23.5 Å². The fraction of sp³-hybridized carbons (Fsp3) is 0.235. The zero-order valence-corrected chi connectivity index (χ0v) is 16.5. The summed E-state index contributed by atoms with van der Waals surface area (Å²) in [6.07, 6.45) is 3.67. The SMILES string of the molecule is CSc1nnc(-c2cc(C#CCOCC(=O)O)cc(-c3nnc(SC)o3)c2)o1. The van der Waals surface area contributed by atoms with Crippen LogP contribution in [0.3, 0.4) is 0 Å². The van der Waals surface area contributed by atoms with E-state index in [0.717, 1.165) is 0 Å². The first-order valence-electron chi connectivity index (χ1n) is 7.78. The molecule has 0 amide bonds. The smallest absolute Gasteiger partial charge is 0.329 e. The molecule has 0 aliphatic rings. The van der Waals surface area contributed by atoms with E-state index < -0.39 is 12.6 Å². The number of hydrogen-bond donors (Lipinski definition) is 1. The number of benzene rings is 1. The Hall–Kier alpha value is -2.81. The van der Waals surface area contributed by atoms with Crippen molar-refractivity contribution in [2.24, 2.45) is 0 Å². The highest BCUT2D eigenvalue weighted by molar-refractivity contribution is 7.98. The van der Waals surface area contributed by atoms with E-state index in [9.17, 15) is 4.79 Å². The molecule has 0 saturated carbocycles. The lowest BCUT2D eigenvalue weighted by molar-refractivity contribution is -0.141. The number of nitrogens with zero attached hydrogens (tertiary/aromatic N) is 4. The molecule has 0 fully saturated rings. The summed E-state index contributed by atoms with van der Waals surface area (Å²) in [6, 6.07) is 5.34. The van der Waals surface area contributed by atoms with Crippen molar-refractivity contribution >= 4 is 29.5 Å². The third-order valence-corrected chi connectivity index (χ3v) is 4.25. The predicted molar refractivity (Wildman–Crippen MR) is 102 cm³/mol. The lowest BCUT2D eigenvalue weighted by Crippen LogP contribution is -2.06. The topological polar surface area (TPSA) is 124 Å². The normalized spacial score (nSPS) is 10.5. The molecule has 0 spiro atoms. The molecular weight excluding hydrogens is 404 g/mol. The van der Waals surface area contributed by atoms with Gasteiger partial charge in [0.15, 0.2) is 0 Å². The molecular formula is C17H14N4O5S2. The molecule has 0 saturated heterocycles. The van der Waals surface area contributed by atoms with Crippen LogP contribution in [0.2, 0.25) is 0 Å². The monoisotopic (exact) mass is 418 g/mol. The van der Waals surface area contributed by atoms with Gasteiger partial charge < -0.3 is 18.7 Å². The fourth-order valence-electron chi connectivity index (χ4n) is 2.09. The van der Waals surface area contributed by atoms with Crippen LogP contribution in [0.5, 0.6) is 0 Å². The van der Waals surface area contributed by atoms with E-state index in [4.69, 9.17) is 18.7 Å². The van der Waals surface area contributed by atoms with Crippen LogP contribution < -0.4 is 0 Å². The number of thioether (sulfide) groups is 2. The standard InChI is InChI=1S/C17H14N4O5S2/c1-27-16-20-18-14(25-16)11-6-10(4-3-5-24-9-13(22)23)7-12(8-11)15-19-21-17(26-15)28-2/h6-8H,5,9H2,1-2H3,(H,22,23). The average Bonchev–Trinajstić information content (AvgIpc) is 3.36. The van der Waals surface area contributed by atoms with E-state index in [2.05, 4.69) is 32.2 Å². The lowest BCUT2D eigenvalue weighted by atomic mass is 10.1. The minimum atomic E-state index is -1.05. The lowest BCUT2D eigenvalue weighted by Gasteiger charge is -2.01. The maximum atomic E-state index is 10.5. The molecule has 0 radical (unpaired) electrons. The second kappa shape index (κ2) is 9.41. The first-order valence-corrected chi connectivity index (χ1v) is 10.2. The second-order valence-corrected chi connectivity index (χ2v) is 6.66. The third-order valence-electron chi connectivity index (χ3n) is 3.22. The van der Waals surface area contributed by atoms with Gasteiger partial charge in [-0.1, -0.05) is 35.4 Å². The minimum absolute atomic E-state index is 0.0137. The average molecular weight is 418 g/mol. The Morgan fingerprint density at radius 1 is 1.04 bits per heavy atom. The Balaban J connectivity index is 1.93. The highest BCUT2D eigenvalue weighted by Crippen LogP contribution is 2.29. The fourth-order valence-corrected chi connectivity index (χ4v) is 2.66. The van der Waals surface area contributed by atoms with Crippen molar-refractivity contribution in [2.45, 2.75) is 10.4 Å². The summed E-state index contributed by atoms with van der Waals surface area (Å²) >= 11 is 2.68. The number of carboxylic acids is 1. The molecule has 11 heteroatoms. The van der Waals surface area contributed by atoms with Gasteiger partial charge in [-0.3, -0.25) is 0 Å². The summed E-state index contributed by atoms with van der Waals surface area (Å²) in [4.78, 5) is 10.5. The van der Waals surface area contributed by atoms with Gasteiger partial charge in [0.1, 0.15) is 13.2 Å². The van der Waals surface area contributed by atoms with Gasteiger partial charge in [-0.25, -0.2) is 4.79 Å². The molecule has 0 atom stereocenters. The van der Waals surface area contributed by atoms with Gasteiger partial charge >= 0.3 is 5.97 Å². The van der Waals surface area contributed by atoms with Gasteiger partial charge in [0, 0.05) is 16.7 Å². The maximum Gasteiger partial charge on any atom is 0.329 e. The van der Waals surface area contributed by atoms with Crippen molar-refractivity contribution in [3.63, 3.8) is 0 Å². The molecule has 9 nitrogen and oxygen atoms in total.